The predicted molar refractivity (Wildman–Crippen MR) is 88.8 cm³/mol. The predicted octanol–water partition coefficient (Wildman–Crippen LogP) is 4.87. The Bertz CT molecular complexity index is 555. The maximum atomic E-state index is 5.78. The zero-order chi connectivity index (χ0) is 14.5. The third kappa shape index (κ3) is 4.01. The van der Waals surface area contributed by atoms with Gasteiger partial charge in [0.2, 0.25) is 0 Å². The lowest BCUT2D eigenvalue weighted by atomic mass is 10.1. The Balaban J connectivity index is 1.83. The van der Waals surface area contributed by atoms with Crippen LogP contribution in [0.5, 0.6) is 5.75 Å². The average molecular weight is 334 g/mol. The van der Waals surface area contributed by atoms with Crippen LogP contribution in [0.4, 0.5) is 5.69 Å². The van der Waals surface area contributed by atoms with E-state index >= 15 is 0 Å². The Labute approximate surface area is 129 Å². The fraction of sp³-hybridized carbons (Fsp3) is 0.294. The van der Waals surface area contributed by atoms with Crippen LogP contribution in [0.3, 0.4) is 0 Å². The summed E-state index contributed by atoms with van der Waals surface area (Å²) in [5, 5.41) is 3.35. The van der Waals surface area contributed by atoms with Crippen molar-refractivity contribution in [3.05, 3.63) is 57.6 Å². The monoisotopic (exact) mass is 333 g/mol. The van der Waals surface area contributed by atoms with Crippen LogP contribution >= 0.6 is 15.9 Å². The van der Waals surface area contributed by atoms with Crippen molar-refractivity contribution in [2.45, 2.75) is 20.8 Å². The molecular weight excluding hydrogens is 314 g/mol. The first-order chi connectivity index (χ1) is 9.56. The molecule has 3 heteroatoms. The van der Waals surface area contributed by atoms with E-state index in [1.807, 2.05) is 0 Å². The second kappa shape index (κ2) is 6.80. The molecule has 0 amide bonds. The molecule has 0 unspecified atom stereocenters. The Morgan fingerprint density at radius 1 is 1.00 bits per heavy atom. The summed E-state index contributed by atoms with van der Waals surface area (Å²) in [5.74, 6) is 0.925. The fourth-order valence-corrected chi connectivity index (χ4v) is 2.25. The summed E-state index contributed by atoms with van der Waals surface area (Å²) in [6.07, 6.45) is 0. The van der Waals surface area contributed by atoms with Gasteiger partial charge in [0.1, 0.15) is 12.4 Å². The maximum absolute atomic E-state index is 5.78. The molecule has 0 heterocycles. The third-order valence-corrected chi connectivity index (χ3v) is 4.41. The van der Waals surface area contributed by atoms with Crippen LogP contribution in [-0.2, 0) is 0 Å². The van der Waals surface area contributed by atoms with Gasteiger partial charge in [0.25, 0.3) is 0 Å². The molecule has 2 aromatic rings. The fourth-order valence-electron chi connectivity index (χ4n) is 2.03. The summed E-state index contributed by atoms with van der Waals surface area (Å²) in [6.45, 7) is 7.68. The molecule has 0 atom stereocenters. The largest absolute Gasteiger partial charge is 0.492 e. The van der Waals surface area contributed by atoms with E-state index in [4.69, 9.17) is 4.74 Å². The molecule has 1 N–H and O–H groups in total. The zero-order valence-electron chi connectivity index (χ0n) is 12.2. The van der Waals surface area contributed by atoms with E-state index in [9.17, 15) is 0 Å². The lowest BCUT2D eigenvalue weighted by molar-refractivity contribution is 0.332. The number of anilines is 1. The van der Waals surface area contributed by atoms with E-state index in [1.165, 1.54) is 16.7 Å². The minimum atomic E-state index is 0.647. The van der Waals surface area contributed by atoms with Crippen molar-refractivity contribution >= 4 is 21.6 Å². The van der Waals surface area contributed by atoms with Gasteiger partial charge in [-0.15, -0.1) is 0 Å². The maximum Gasteiger partial charge on any atom is 0.119 e. The summed E-state index contributed by atoms with van der Waals surface area (Å²) >= 11 is 3.56. The van der Waals surface area contributed by atoms with Crippen molar-refractivity contribution in [3.8, 4) is 5.75 Å². The van der Waals surface area contributed by atoms with Crippen molar-refractivity contribution < 1.29 is 4.74 Å². The molecule has 0 radical (unpaired) electrons. The highest BCUT2D eigenvalue weighted by Crippen LogP contribution is 2.26. The topological polar surface area (TPSA) is 21.3 Å². The van der Waals surface area contributed by atoms with Gasteiger partial charge in [0.05, 0.1) is 0 Å². The normalized spacial score (nSPS) is 10.4. The molecule has 0 spiro atoms. The van der Waals surface area contributed by atoms with Gasteiger partial charge in [-0.05, 0) is 56.2 Å². The average Bonchev–Trinajstić information content (AvgIpc) is 2.43. The molecule has 0 fully saturated rings. The van der Waals surface area contributed by atoms with Gasteiger partial charge in [-0.2, -0.15) is 0 Å². The second-order valence-electron chi connectivity index (χ2n) is 5.01. The number of aryl methyl sites for hydroxylation is 3. The number of halogens is 1. The highest BCUT2D eigenvalue weighted by Gasteiger charge is 2.03. The molecule has 2 aromatic carbocycles. The first-order valence-electron chi connectivity index (χ1n) is 6.76. The van der Waals surface area contributed by atoms with Gasteiger partial charge < -0.3 is 10.1 Å². The molecule has 0 aliphatic heterocycles. The molecule has 2 nitrogen and oxygen atoms in total. The standard InChI is InChI=1S/C17H20BrNO/c1-12-4-6-15(7-5-12)19-8-9-20-16-10-13(2)17(18)14(3)11-16/h4-7,10-11,19H,8-9H2,1-3H3. The Hall–Kier alpha value is -1.48. The summed E-state index contributed by atoms with van der Waals surface area (Å²) in [7, 11) is 0. The molecule has 106 valence electrons. The highest BCUT2D eigenvalue weighted by molar-refractivity contribution is 9.10. The molecule has 0 saturated carbocycles. The smallest absolute Gasteiger partial charge is 0.119 e. The van der Waals surface area contributed by atoms with Gasteiger partial charge in [0.15, 0.2) is 0 Å². The minimum Gasteiger partial charge on any atom is -0.492 e. The number of benzene rings is 2. The Morgan fingerprint density at radius 3 is 2.20 bits per heavy atom. The molecular formula is C17H20BrNO. The van der Waals surface area contributed by atoms with E-state index in [-0.39, 0.29) is 0 Å². The minimum absolute atomic E-state index is 0.647. The third-order valence-electron chi connectivity index (χ3n) is 3.16. The molecule has 0 aromatic heterocycles. The second-order valence-corrected chi connectivity index (χ2v) is 5.81. The molecule has 20 heavy (non-hydrogen) atoms. The van der Waals surface area contributed by atoms with Crippen molar-refractivity contribution in [1.82, 2.24) is 0 Å². The molecule has 2 rings (SSSR count). The zero-order valence-corrected chi connectivity index (χ0v) is 13.8. The first kappa shape index (κ1) is 14.9. The van der Waals surface area contributed by atoms with Crippen LogP contribution in [-0.4, -0.2) is 13.2 Å². The lowest BCUT2D eigenvalue weighted by Crippen LogP contribution is -2.11. The number of hydrogen-bond acceptors (Lipinski definition) is 2. The van der Waals surface area contributed by atoms with E-state index in [0.29, 0.717) is 6.61 Å². The highest BCUT2D eigenvalue weighted by atomic mass is 79.9. The van der Waals surface area contributed by atoms with Gasteiger partial charge >= 0.3 is 0 Å². The first-order valence-corrected chi connectivity index (χ1v) is 7.55. The summed E-state index contributed by atoms with van der Waals surface area (Å²) in [6, 6.07) is 12.5. The summed E-state index contributed by atoms with van der Waals surface area (Å²) in [4.78, 5) is 0. The van der Waals surface area contributed by atoms with Crippen LogP contribution in [0.25, 0.3) is 0 Å². The van der Waals surface area contributed by atoms with Crippen LogP contribution < -0.4 is 10.1 Å². The molecule has 0 saturated heterocycles. The van der Waals surface area contributed by atoms with Crippen molar-refractivity contribution in [1.29, 1.82) is 0 Å². The van der Waals surface area contributed by atoms with Gasteiger partial charge in [0, 0.05) is 16.7 Å². The van der Waals surface area contributed by atoms with Gasteiger partial charge in [-0.25, -0.2) is 0 Å². The van der Waals surface area contributed by atoms with Crippen LogP contribution in [0, 0.1) is 20.8 Å². The van der Waals surface area contributed by atoms with E-state index in [0.717, 1.165) is 22.5 Å². The summed E-state index contributed by atoms with van der Waals surface area (Å²) < 4.78 is 6.94. The number of nitrogens with one attached hydrogen (secondary N) is 1. The Kier molecular flexibility index (Phi) is 5.07. The molecule has 0 bridgehead atoms. The van der Waals surface area contributed by atoms with E-state index in [2.05, 4.69) is 78.4 Å². The van der Waals surface area contributed by atoms with Crippen LogP contribution in [0.15, 0.2) is 40.9 Å². The van der Waals surface area contributed by atoms with Gasteiger partial charge in [-0.1, -0.05) is 33.6 Å². The van der Waals surface area contributed by atoms with E-state index in [1.54, 1.807) is 0 Å². The molecule has 0 aliphatic rings. The van der Waals surface area contributed by atoms with Crippen LogP contribution in [0.2, 0.25) is 0 Å². The number of rotatable bonds is 5. The Morgan fingerprint density at radius 2 is 1.60 bits per heavy atom. The number of hydrogen-bond donors (Lipinski definition) is 1. The van der Waals surface area contributed by atoms with Crippen molar-refractivity contribution in [2.24, 2.45) is 0 Å². The van der Waals surface area contributed by atoms with E-state index < -0.39 is 0 Å². The SMILES string of the molecule is Cc1ccc(NCCOc2cc(C)c(Br)c(C)c2)cc1. The van der Waals surface area contributed by atoms with Gasteiger partial charge in [-0.3, -0.25) is 0 Å². The van der Waals surface area contributed by atoms with Crippen molar-refractivity contribution in [2.75, 3.05) is 18.5 Å². The summed E-state index contributed by atoms with van der Waals surface area (Å²) in [5.41, 5.74) is 4.80. The quantitative estimate of drug-likeness (QED) is 0.788. The number of ether oxygens (including phenoxy) is 1. The van der Waals surface area contributed by atoms with Crippen molar-refractivity contribution in [3.63, 3.8) is 0 Å². The lowest BCUT2D eigenvalue weighted by Gasteiger charge is -2.11. The van der Waals surface area contributed by atoms with Crippen LogP contribution in [0.1, 0.15) is 16.7 Å². The molecule has 0 aliphatic carbocycles.